The molecule has 0 radical (unpaired) electrons. The van der Waals surface area contributed by atoms with E-state index >= 15 is 0 Å². The summed E-state index contributed by atoms with van der Waals surface area (Å²) in [5, 5.41) is 8.25. The quantitative estimate of drug-likeness (QED) is 0.693. The van der Waals surface area contributed by atoms with Gasteiger partial charge in [0.2, 0.25) is 11.8 Å². The van der Waals surface area contributed by atoms with E-state index in [1.54, 1.807) is 7.05 Å². The van der Waals surface area contributed by atoms with Gasteiger partial charge in [-0.15, -0.1) is 0 Å². The molecule has 20 heavy (non-hydrogen) atoms. The first-order valence-electron chi connectivity index (χ1n) is 6.84. The van der Waals surface area contributed by atoms with Crippen molar-refractivity contribution in [1.29, 1.82) is 0 Å². The average Bonchev–Trinajstić information content (AvgIpc) is 2.45. The lowest BCUT2D eigenvalue weighted by molar-refractivity contribution is -0.121. The van der Waals surface area contributed by atoms with Gasteiger partial charge in [0.15, 0.2) is 0 Å². The number of likely N-dealkylation sites (N-methyl/N-ethyl adjacent to an activating group) is 1. The monoisotopic (exact) mass is 277 g/mol. The van der Waals surface area contributed by atoms with Gasteiger partial charge in [0, 0.05) is 7.05 Å². The Morgan fingerprint density at radius 2 is 1.70 bits per heavy atom. The molecule has 0 unspecified atom stereocenters. The largest absolute Gasteiger partial charge is 0.358 e. The van der Waals surface area contributed by atoms with E-state index in [-0.39, 0.29) is 30.9 Å². The molecular weight excluding hydrogens is 254 g/mol. The number of rotatable bonds is 7. The molecule has 0 aliphatic heterocycles. The van der Waals surface area contributed by atoms with Crippen LogP contribution in [-0.2, 0) is 9.59 Å². The number of carbonyl (C=O) groups excluding carboxylic acids is 2. The lowest BCUT2D eigenvalue weighted by atomic mass is 10.0. The third kappa shape index (κ3) is 5.40. The minimum atomic E-state index is -0.136. The average molecular weight is 277 g/mol. The first-order chi connectivity index (χ1) is 9.56. The van der Waals surface area contributed by atoms with Crippen LogP contribution in [0.25, 0.3) is 0 Å². The molecule has 0 fully saturated rings. The van der Waals surface area contributed by atoms with Gasteiger partial charge in [0.1, 0.15) is 0 Å². The fraction of sp³-hybridized carbons (Fsp3) is 0.467. The number of amides is 2. The Bertz CT molecular complexity index is 443. The molecule has 0 bridgehead atoms. The third-order valence-corrected chi connectivity index (χ3v) is 3.07. The maximum atomic E-state index is 11.8. The Kier molecular flexibility index (Phi) is 6.73. The van der Waals surface area contributed by atoms with Crippen LogP contribution >= 0.6 is 0 Å². The smallest absolute Gasteiger partial charge is 0.234 e. The molecular formula is C15H23N3O2. The zero-order valence-corrected chi connectivity index (χ0v) is 12.3. The predicted octanol–water partition coefficient (Wildman–Crippen LogP) is 0.898. The predicted molar refractivity (Wildman–Crippen MR) is 79.3 cm³/mol. The number of carbonyl (C=O) groups is 2. The summed E-state index contributed by atoms with van der Waals surface area (Å²) in [6.45, 7) is 4.34. The number of benzene rings is 1. The van der Waals surface area contributed by atoms with Gasteiger partial charge >= 0.3 is 0 Å². The summed E-state index contributed by atoms with van der Waals surface area (Å²) in [6.07, 6.45) is 0.824. The SMILES string of the molecule is CC[C@H](NC(=O)CNCC(=O)NC)c1ccc(C)cc1. The van der Waals surface area contributed by atoms with Crippen molar-refractivity contribution in [3.63, 3.8) is 0 Å². The van der Waals surface area contributed by atoms with E-state index in [0.717, 1.165) is 12.0 Å². The third-order valence-electron chi connectivity index (χ3n) is 3.07. The van der Waals surface area contributed by atoms with Crippen molar-refractivity contribution < 1.29 is 9.59 Å². The summed E-state index contributed by atoms with van der Waals surface area (Å²) in [6, 6.07) is 8.13. The summed E-state index contributed by atoms with van der Waals surface area (Å²) < 4.78 is 0. The summed E-state index contributed by atoms with van der Waals surface area (Å²) in [7, 11) is 1.56. The Morgan fingerprint density at radius 1 is 1.10 bits per heavy atom. The molecule has 0 saturated heterocycles. The fourth-order valence-electron chi connectivity index (χ4n) is 1.84. The normalized spacial score (nSPS) is 11.8. The van der Waals surface area contributed by atoms with Gasteiger partial charge in [-0.1, -0.05) is 36.8 Å². The van der Waals surface area contributed by atoms with Crippen molar-refractivity contribution in [2.45, 2.75) is 26.3 Å². The second kappa shape index (κ2) is 8.32. The molecule has 2 amide bonds. The lowest BCUT2D eigenvalue weighted by Gasteiger charge is -2.18. The standard InChI is InChI=1S/C15H23N3O2/c1-4-13(12-7-5-11(2)6-8-12)18-15(20)10-17-9-14(19)16-3/h5-8,13,17H,4,9-10H2,1-3H3,(H,16,19)(H,18,20)/t13-/m0/s1. The molecule has 1 rings (SSSR count). The minimum absolute atomic E-state index is 0.00454. The Balaban J connectivity index is 2.45. The zero-order chi connectivity index (χ0) is 15.0. The van der Waals surface area contributed by atoms with Gasteiger partial charge in [-0.3, -0.25) is 14.9 Å². The van der Waals surface area contributed by atoms with E-state index in [0.29, 0.717) is 0 Å². The Morgan fingerprint density at radius 3 is 2.25 bits per heavy atom. The zero-order valence-electron chi connectivity index (χ0n) is 12.3. The van der Waals surface area contributed by atoms with E-state index in [1.807, 2.05) is 38.1 Å². The molecule has 1 atom stereocenters. The number of hydrogen-bond donors (Lipinski definition) is 3. The molecule has 0 aromatic heterocycles. The van der Waals surface area contributed by atoms with Crippen molar-refractivity contribution >= 4 is 11.8 Å². The molecule has 5 nitrogen and oxygen atoms in total. The summed E-state index contributed by atoms with van der Waals surface area (Å²) >= 11 is 0. The van der Waals surface area contributed by atoms with E-state index in [9.17, 15) is 9.59 Å². The second-order valence-electron chi connectivity index (χ2n) is 4.72. The molecule has 0 saturated carbocycles. The van der Waals surface area contributed by atoms with E-state index in [2.05, 4.69) is 16.0 Å². The van der Waals surface area contributed by atoms with Gasteiger partial charge in [0.05, 0.1) is 19.1 Å². The molecule has 0 spiro atoms. The number of hydrogen-bond acceptors (Lipinski definition) is 3. The molecule has 5 heteroatoms. The number of aryl methyl sites for hydroxylation is 1. The fourth-order valence-corrected chi connectivity index (χ4v) is 1.84. The van der Waals surface area contributed by atoms with Crippen LogP contribution in [-0.4, -0.2) is 32.0 Å². The van der Waals surface area contributed by atoms with Crippen molar-refractivity contribution in [2.75, 3.05) is 20.1 Å². The van der Waals surface area contributed by atoms with Crippen LogP contribution in [0.5, 0.6) is 0 Å². The highest BCUT2D eigenvalue weighted by molar-refractivity contribution is 5.81. The Hall–Kier alpha value is -1.88. The molecule has 0 heterocycles. The van der Waals surface area contributed by atoms with Crippen LogP contribution in [0.3, 0.4) is 0 Å². The van der Waals surface area contributed by atoms with Crippen molar-refractivity contribution in [1.82, 2.24) is 16.0 Å². The first-order valence-corrected chi connectivity index (χ1v) is 6.84. The maximum absolute atomic E-state index is 11.8. The second-order valence-corrected chi connectivity index (χ2v) is 4.72. The van der Waals surface area contributed by atoms with Gasteiger partial charge in [-0.05, 0) is 18.9 Å². The van der Waals surface area contributed by atoms with Gasteiger partial charge in [-0.25, -0.2) is 0 Å². The van der Waals surface area contributed by atoms with Crippen molar-refractivity contribution in [3.05, 3.63) is 35.4 Å². The van der Waals surface area contributed by atoms with Gasteiger partial charge < -0.3 is 10.6 Å². The van der Waals surface area contributed by atoms with Crippen LogP contribution in [0.15, 0.2) is 24.3 Å². The van der Waals surface area contributed by atoms with Crippen molar-refractivity contribution in [3.8, 4) is 0 Å². The molecule has 3 N–H and O–H groups in total. The number of nitrogens with one attached hydrogen (secondary N) is 3. The first kappa shape index (κ1) is 16.2. The lowest BCUT2D eigenvalue weighted by Crippen LogP contribution is -2.39. The summed E-state index contributed by atoms with van der Waals surface area (Å²) in [5.74, 6) is -0.246. The van der Waals surface area contributed by atoms with Gasteiger partial charge in [-0.2, -0.15) is 0 Å². The molecule has 1 aromatic carbocycles. The highest BCUT2D eigenvalue weighted by Crippen LogP contribution is 2.16. The van der Waals surface area contributed by atoms with E-state index in [4.69, 9.17) is 0 Å². The maximum Gasteiger partial charge on any atom is 0.234 e. The van der Waals surface area contributed by atoms with E-state index in [1.165, 1.54) is 5.56 Å². The molecule has 0 aliphatic rings. The van der Waals surface area contributed by atoms with Gasteiger partial charge in [0.25, 0.3) is 0 Å². The van der Waals surface area contributed by atoms with Crippen LogP contribution in [0.2, 0.25) is 0 Å². The molecule has 0 aliphatic carbocycles. The van der Waals surface area contributed by atoms with Crippen molar-refractivity contribution in [2.24, 2.45) is 0 Å². The summed E-state index contributed by atoms with van der Waals surface area (Å²) in [4.78, 5) is 22.8. The van der Waals surface area contributed by atoms with Crippen LogP contribution in [0, 0.1) is 6.92 Å². The topological polar surface area (TPSA) is 70.2 Å². The van der Waals surface area contributed by atoms with E-state index < -0.39 is 0 Å². The molecule has 1 aromatic rings. The Labute approximate surface area is 120 Å². The minimum Gasteiger partial charge on any atom is -0.358 e. The highest BCUT2D eigenvalue weighted by atomic mass is 16.2. The molecule has 110 valence electrons. The highest BCUT2D eigenvalue weighted by Gasteiger charge is 2.12. The van der Waals surface area contributed by atoms with Crippen LogP contribution in [0.4, 0.5) is 0 Å². The van der Waals surface area contributed by atoms with Crippen LogP contribution < -0.4 is 16.0 Å². The summed E-state index contributed by atoms with van der Waals surface area (Å²) in [5.41, 5.74) is 2.29. The van der Waals surface area contributed by atoms with Crippen LogP contribution in [0.1, 0.15) is 30.5 Å².